The summed E-state index contributed by atoms with van der Waals surface area (Å²) in [6.45, 7) is 4.88. The fourth-order valence-corrected chi connectivity index (χ4v) is 5.90. The van der Waals surface area contributed by atoms with E-state index >= 15 is 0 Å². The van der Waals surface area contributed by atoms with Crippen LogP contribution in [0.5, 0.6) is 0 Å². The summed E-state index contributed by atoms with van der Waals surface area (Å²) < 4.78 is 35.3. The predicted octanol–water partition coefficient (Wildman–Crippen LogP) is 3.85. The van der Waals surface area contributed by atoms with Crippen LogP contribution in [0.2, 0.25) is 0 Å². The van der Waals surface area contributed by atoms with E-state index in [9.17, 15) is 18.0 Å². The molecule has 2 unspecified atom stereocenters. The van der Waals surface area contributed by atoms with Crippen LogP contribution in [-0.2, 0) is 24.3 Å². The number of esters is 1. The molecular weight excluding hydrogens is 466 g/mol. The molecule has 2 fully saturated rings. The highest BCUT2D eigenvalue weighted by Gasteiger charge is 2.32. The van der Waals surface area contributed by atoms with Crippen molar-refractivity contribution in [3.8, 4) is 0 Å². The van der Waals surface area contributed by atoms with Gasteiger partial charge in [0.2, 0.25) is 15.9 Å². The maximum absolute atomic E-state index is 13.6. The van der Waals surface area contributed by atoms with Crippen LogP contribution in [0.1, 0.15) is 51.1 Å². The monoisotopic (exact) mass is 499 g/mol. The first-order valence-electron chi connectivity index (χ1n) is 12.2. The zero-order valence-corrected chi connectivity index (χ0v) is 21.0. The van der Waals surface area contributed by atoms with Crippen molar-refractivity contribution in [2.75, 3.05) is 29.9 Å². The van der Waals surface area contributed by atoms with Gasteiger partial charge in [-0.1, -0.05) is 30.3 Å². The van der Waals surface area contributed by atoms with Gasteiger partial charge < -0.3 is 15.0 Å². The fraction of sp³-hybridized carbons (Fsp3) is 0.462. The molecule has 1 saturated carbocycles. The maximum Gasteiger partial charge on any atom is 0.310 e. The Morgan fingerprint density at radius 2 is 1.83 bits per heavy atom. The summed E-state index contributed by atoms with van der Waals surface area (Å²) in [4.78, 5) is 26.7. The predicted molar refractivity (Wildman–Crippen MR) is 135 cm³/mol. The molecule has 1 saturated heterocycles. The summed E-state index contributed by atoms with van der Waals surface area (Å²) in [5.41, 5.74) is 1.80. The molecule has 2 N–H and O–H groups in total. The summed E-state index contributed by atoms with van der Waals surface area (Å²) in [5, 5.41) is 2.85. The maximum atomic E-state index is 13.6. The smallest absolute Gasteiger partial charge is 0.310 e. The molecule has 1 aliphatic carbocycles. The largest absolute Gasteiger partial charge is 0.466 e. The van der Waals surface area contributed by atoms with E-state index in [1.54, 1.807) is 26.0 Å². The molecule has 1 aliphatic heterocycles. The van der Waals surface area contributed by atoms with Gasteiger partial charge >= 0.3 is 5.97 Å². The third-order valence-corrected chi connectivity index (χ3v) is 8.05. The van der Waals surface area contributed by atoms with E-state index in [-0.39, 0.29) is 28.6 Å². The number of benzene rings is 2. The minimum atomic E-state index is -3.96. The Hall–Kier alpha value is -2.91. The number of nitrogens with zero attached hydrogens (tertiary/aromatic N) is 1. The number of piperidine rings is 1. The number of hydrogen-bond donors (Lipinski definition) is 2. The highest BCUT2D eigenvalue weighted by molar-refractivity contribution is 7.89. The van der Waals surface area contributed by atoms with Gasteiger partial charge in [0, 0.05) is 30.7 Å². The number of ether oxygens (including phenoxy) is 1. The first-order chi connectivity index (χ1) is 16.8. The number of sulfonamides is 1. The quantitative estimate of drug-likeness (QED) is 0.508. The molecule has 0 bridgehead atoms. The van der Waals surface area contributed by atoms with E-state index in [4.69, 9.17) is 4.74 Å². The van der Waals surface area contributed by atoms with Crippen LogP contribution in [0, 0.1) is 11.8 Å². The van der Waals surface area contributed by atoms with E-state index in [0.29, 0.717) is 37.5 Å². The molecule has 1 amide bonds. The van der Waals surface area contributed by atoms with E-state index in [2.05, 4.69) is 10.0 Å². The van der Waals surface area contributed by atoms with E-state index in [1.807, 2.05) is 35.2 Å². The lowest BCUT2D eigenvalue weighted by atomic mass is 9.97. The molecule has 35 heavy (non-hydrogen) atoms. The zero-order chi connectivity index (χ0) is 25.0. The molecule has 188 valence electrons. The Bertz CT molecular complexity index is 1160. The van der Waals surface area contributed by atoms with Crippen molar-refractivity contribution in [2.45, 2.75) is 50.5 Å². The van der Waals surface area contributed by atoms with Crippen LogP contribution in [0.25, 0.3) is 0 Å². The highest BCUT2D eigenvalue weighted by Crippen LogP contribution is 2.34. The van der Waals surface area contributed by atoms with Gasteiger partial charge in [0.15, 0.2) is 0 Å². The Kier molecular flexibility index (Phi) is 7.76. The number of hydrogen-bond acceptors (Lipinski definition) is 6. The van der Waals surface area contributed by atoms with Crippen molar-refractivity contribution in [1.29, 1.82) is 0 Å². The van der Waals surface area contributed by atoms with Crippen molar-refractivity contribution in [3.63, 3.8) is 0 Å². The number of rotatable bonds is 9. The van der Waals surface area contributed by atoms with Gasteiger partial charge in [-0.15, -0.1) is 0 Å². The van der Waals surface area contributed by atoms with E-state index in [0.717, 1.165) is 24.8 Å². The van der Waals surface area contributed by atoms with Gasteiger partial charge in [0.05, 0.1) is 18.2 Å². The third-order valence-electron chi connectivity index (χ3n) is 6.48. The minimum Gasteiger partial charge on any atom is -0.466 e. The summed E-state index contributed by atoms with van der Waals surface area (Å²) >= 11 is 0. The second-order valence-electron chi connectivity index (χ2n) is 9.24. The molecule has 0 spiro atoms. The standard InChI is InChI=1S/C26H33N3O5S/c1-3-34-26(31)21-10-7-15-29(17-21)23-14-13-22(27-25(30)20-11-12-20)16-24(23)35(32,33)28-18(2)19-8-5-4-6-9-19/h4-6,8-9,13-14,16,18,20-21,28H,3,7,10-12,15,17H2,1-2H3,(H,27,30). The number of nitrogens with one attached hydrogen (secondary N) is 2. The van der Waals surface area contributed by atoms with E-state index < -0.39 is 16.1 Å². The second kappa shape index (κ2) is 10.8. The molecule has 2 aromatic carbocycles. The Morgan fingerprint density at radius 1 is 1.09 bits per heavy atom. The average Bonchev–Trinajstić information content (AvgIpc) is 3.70. The third kappa shape index (κ3) is 6.21. The molecule has 9 heteroatoms. The number of anilines is 2. The minimum absolute atomic E-state index is 0.00149. The molecule has 2 aliphatic rings. The number of carbonyl (C=O) groups excluding carboxylic acids is 2. The average molecular weight is 500 g/mol. The highest BCUT2D eigenvalue weighted by atomic mass is 32.2. The Morgan fingerprint density at radius 3 is 2.51 bits per heavy atom. The fourth-order valence-electron chi connectivity index (χ4n) is 4.41. The summed E-state index contributed by atoms with van der Waals surface area (Å²) in [6, 6.07) is 13.9. The lowest BCUT2D eigenvalue weighted by Gasteiger charge is -2.34. The SMILES string of the molecule is CCOC(=O)C1CCCN(c2ccc(NC(=O)C3CC3)cc2S(=O)(=O)NC(C)c2ccccc2)C1. The van der Waals surface area contributed by atoms with Crippen LogP contribution < -0.4 is 14.9 Å². The van der Waals surface area contributed by atoms with Crippen molar-refractivity contribution in [2.24, 2.45) is 11.8 Å². The molecule has 2 atom stereocenters. The lowest BCUT2D eigenvalue weighted by molar-refractivity contribution is -0.148. The normalized spacial score (nSPS) is 19.1. The Labute approximate surface area is 207 Å². The molecule has 0 aromatic heterocycles. The van der Waals surface area contributed by atoms with Gasteiger partial charge in [-0.2, -0.15) is 0 Å². The van der Waals surface area contributed by atoms with Crippen molar-refractivity contribution in [3.05, 3.63) is 54.1 Å². The van der Waals surface area contributed by atoms with Crippen LogP contribution >= 0.6 is 0 Å². The molecule has 4 rings (SSSR count). The van der Waals surface area contributed by atoms with E-state index in [1.165, 1.54) is 6.07 Å². The summed E-state index contributed by atoms with van der Waals surface area (Å²) in [6.07, 6.45) is 3.16. The summed E-state index contributed by atoms with van der Waals surface area (Å²) in [7, 11) is -3.96. The van der Waals surface area contributed by atoms with Crippen LogP contribution in [0.3, 0.4) is 0 Å². The van der Waals surface area contributed by atoms with Crippen molar-refractivity contribution < 1.29 is 22.7 Å². The van der Waals surface area contributed by atoms with Gasteiger partial charge in [0.25, 0.3) is 0 Å². The van der Waals surface area contributed by atoms with Gasteiger partial charge in [0.1, 0.15) is 4.90 Å². The van der Waals surface area contributed by atoms with Gasteiger partial charge in [-0.3, -0.25) is 9.59 Å². The van der Waals surface area contributed by atoms with Crippen molar-refractivity contribution in [1.82, 2.24) is 4.72 Å². The second-order valence-corrected chi connectivity index (χ2v) is 10.9. The number of amides is 1. The van der Waals surface area contributed by atoms with Crippen LogP contribution in [-0.4, -0.2) is 40.0 Å². The molecule has 8 nitrogen and oxygen atoms in total. The molecule has 0 radical (unpaired) electrons. The number of carbonyl (C=O) groups is 2. The molecule has 1 heterocycles. The molecular formula is C26H33N3O5S. The molecule has 2 aromatic rings. The first kappa shape index (κ1) is 25.2. The van der Waals surface area contributed by atoms with Crippen molar-refractivity contribution >= 4 is 33.3 Å². The van der Waals surface area contributed by atoms with Gasteiger partial charge in [-0.05, 0) is 63.3 Å². The lowest BCUT2D eigenvalue weighted by Crippen LogP contribution is -2.40. The Balaban J connectivity index is 1.65. The summed E-state index contributed by atoms with van der Waals surface area (Å²) in [5.74, 6) is -0.666. The first-order valence-corrected chi connectivity index (χ1v) is 13.7. The van der Waals surface area contributed by atoms with Gasteiger partial charge in [-0.25, -0.2) is 13.1 Å². The zero-order valence-electron chi connectivity index (χ0n) is 20.2. The van der Waals surface area contributed by atoms with Crippen LogP contribution in [0.4, 0.5) is 11.4 Å². The topological polar surface area (TPSA) is 105 Å². The van der Waals surface area contributed by atoms with Crippen LogP contribution in [0.15, 0.2) is 53.4 Å².